The highest BCUT2D eigenvalue weighted by molar-refractivity contribution is 6.29. The Morgan fingerprint density at radius 2 is 2.22 bits per heavy atom. The van der Waals surface area contributed by atoms with Gasteiger partial charge in [-0.05, 0) is 13.8 Å². The van der Waals surface area contributed by atoms with Crippen molar-refractivity contribution in [3.05, 3.63) is 12.7 Å². The van der Waals surface area contributed by atoms with Gasteiger partial charge >= 0.3 is 0 Å². The van der Waals surface area contributed by atoms with E-state index in [9.17, 15) is 4.39 Å². The Balaban J connectivity index is 3.16. The number of halogens is 1. The molecule has 0 rings (SSSR count). The Labute approximate surface area is 57.9 Å². The molecule has 0 spiro atoms. The normalized spacial score (nSPS) is 15.1. The van der Waals surface area contributed by atoms with Crippen LogP contribution < -0.4 is 0 Å². The zero-order valence-electron chi connectivity index (χ0n) is 5.93. The fourth-order valence-electron chi connectivity index (χ4n) is 0.352. The predicted molar refractivity (Wildman–Crippen MR) is 39.9 cm³/mol. The fraction of sp³-hybridized carbons (Fsp3) is 0.667. The lowest BCUT2D eigenvalue weighted by Gasteiger charge is -2.06. The van der Waals surface area contributed by atoms with Crippen LogP contribution in [0.15, 0.2) is 12.7 Å². The Hall–Kier alpha value is -0.153. The van der Waals surface area contributed by atoms with Gasteiger partial charge in [-0.1, -0.05) is 6.08 Å². The van der Waals surface area contributed by atoms with E-state index in [1.807, 2.05) is 13.8 Å². The highest BCUT2D eigenvalue weighted by Gasteiger charge is 2.02. The van der Waals surface area contributed by atoms with Gasteiger partial charge in [0, 0.05) is 6.10 Å². The standard InChI is InChI=1S/C6H13FOSi/c1-4-6(7)9-8-5(2)3/h4-6H,1,9H2,2-3H3. The molecule has 0 aromatic rings. The molecule has 0 aromatic carbocycles. The van der Waals surface area contributed by atoms with Gasteiger partial charge < -0.3 is 4.43 Å². The first-order valence-electron chi connectivity index (χ1n) is 3.05. The third-order valence-electron chi connectivity index (χ3n) is 0.845. The van der Waals surface area contributed by atoms with Crippen LogP contribution in [0.2, 0.25) is 0 Å². The zero-order valence-corrected chi connectivity index (χ0v) is 7.35. The number of allylic oxidation sites excluding steroid dienone is 1. The molecule has 0 N–H and O–H groups in total. The molecule has 3 heteroatoms. The van der Waals surface area contributed by atoms with Gasteiger partial charge in [0.05, 0.1) is 0 Å². The average Bonchev–Trinajstić information content (AvgIpc) is 1.83. The van der Waals surface area contributed by atoms with Crippen molar-refractivity contribution in [1.82, 2.24) is 0 Å². The van der Waals surface area contributed by atoms with E-state index in [1.54, 1.807) is 0 Å². The summed E-state index contributed by atoms with van der Waals surface area (Å²) in [5.74, 6) is -0.882. The lowest BCUT2D eigenvalue weighted by Crippen LogP contribution is -2.16. The Bertz CT molecular complexity index is 85.1. The molecule has 0 aliphatic rings. The summed E-state index contributed by atoms with van der Waals surface area (Å²) < 4.78 is 17.4. The molecule has 0 heterocycles. The smallest absolute Gasteiger partial charge is 0.202 e. The molecule has 0 amide bonds. The minimum absolute atomic E-state index is 0.162. The molecule has 0 saturated carbocycles. The van der Waals surface area contributed by atoms with Crippen molar-refractivity contribution in [3.63, 3.8) is 0 Å². The molecule has 0 aromatic heterocycles. The van der Waals surface area contributed by atoms with E-state index in [0.717, 1.165) is 0 Å². The third-order valence-corrected chi connectivity index (χ3v) is 2.36. The predicted octanol–water partition coefficient (Wildman–Crippen LogP) is 0.977. The first-order chi connectivity index (χ1) is 4.16. The lowest BCUT2D eigenvalue weighted by molar-refractivity contribution is 0.242. The highest BCUT2D eigenvalue weighted by Crippen LogP contribution is 1.92. The summed E-state index contributed by atoms with van der Waals surface area (Å²) >= 11 is 0. The molecule has 1 unspecified atom stereocenters. The van der Waals surface area contributed by atoms with E-state index in [2.05, 4.69) is 6.58 Å². The largest absolute Gasteiger partial charge is 0.418 e. The monoisotopic (exact) mass is 148 g/mol. The Morgan fingerprint density at radius 1 is 1.67 bits per heavy atom. The molecular formula is C6H13FOSi. The van der Waals surface area contributed by atoms with E-state index in [-0.39, 0.29) is 6.10 Å². The number of hydrogen-bond donors (Lipinski definition) is 0. The van der Waals surface area contributed by atoms with Crippen LogP contribution in [0.4, 0.5) is 4.39 Å². The topological polar surface area (TPSA) is 9.23 Å². The second-order valence-corrected chi connectivity index (χ2v) is 3.58. The van der Waals surface area contributed by atoms with Crippen LogP contribution in [0.25, 0.3) is 0 Å². The maximum absolute atomic E-state index is 12.3. The maximum Gasteiger partial charge on any atom is 0.202 e. The molecule has 0 saturated heterocycles. The molecule has 0 bridgehead atoms. The maximum atomic E-state index is 12.3. The van der Waals surface area contributed by atoms with Crippen molar-refractivity contribution in [2.45, 2.75) is 25.7 Å². The summed E-state index contributed by atoms with van der Waals surface area (Å²) in [6.45, 7) is 7.13. The highest BCUT2D eigenvalue weighted by atomic mass is 28.2. The van der Waals surface area contributed by atoms with Gasteiger partial charge in [-0.2, -0.15) is 0 Å². The summed E-state index contributed by atoms with van der Waals surface area (Å²) in [5, 5.41) is 0. The summed E-state index contributed by atoms with van der Waals surface area (Å²) in [6.07, 6.45) is 1.46. The molecular weight excluding hydrogens is 135 g/mol. The lowest BCUT2D eigenvalue weighted by atomic mass is 10.5. The van der Waals surface area contributed by atoms with Crippen molar-refractivity contribution < 1.29 is 8.82 Å². The van der Waals surface area contributed by atoms with Crippen molar-refractivity contribution >= 4 is 9.76 Å². The summed E-state index contributed by atoms with van der Waals surface area (Å²) in [6, 6.07) is 0. The summed E-state index contributed by atoms with van der Waals surface area (Å²) in [4.78, 5) is 0. The van der Waals surface area contributed by atoms with Crippen molar-refractivity contribution in [3.8, 4) is 0 Å². The van der Waals surface area contributed by atoms with Crippen LogP contribution in [0, 0.1) is 0 Å². The number of rotatable bonds is 4. The van der Waals surface area contributed by atoms with Gasteiger partial charge in [-0.3, -0.25) is 0 Å². The Kier molecular flexibility index (Phi) is 4.62. The van der Waals surface area contributed by atoms with E-state index in [0.29, 0.717) is 0 Å². The van der Waals surface area contributed by atoms with E-state index in [4.69, 9.17) is 4.43 Å². The zero-order chi connectivity index (χ0) is 7.28. The summed E-state index contributed by atoms with van der Waals surface area (Å²) in [7, 11) is -0.997. The van der Waals surface area contributed by atoms with E-state index in [1.165, 1.54) is 6.08 Å². The van der Waals surface area contributed by atoms with Gasteiger partial charge in [0.2, 0.25) is 9.76 Å². The van der Waals surface area contributed by atoms with Crippen molar-refractivity contribution in [1.29, 1.82) is 0 Å². The van der Waals surface area contributed by atoms with Gasteiger partial charge in [0.15, 0.2) is 0 Å². The van der Waals surface area contributed by atoms with Gasteiger partial charge in [0.25, 0.3) is 0 Å². The number of alkyl halides is 1. The van der Waals surface area contributed by atoms with Crippen molar-refractivity contribution in [2.75, 3.05) is 0 Å². The molecule has 9 heavy (non-hydrogen) atoms. The van der Waals surface area contributed by atoms with Crippen LogP contribution in [0.1, 0.15) is 13.8 Å². The average molecular weight is 148 g/mol. The minimum Gasteiger partial charge on any atom is -0.418 e. The van der Waals surface area contributed by atoms with Crippen LogP contribution in [0.5, 0.6) is 0 Å². The molecule has 1 atom stereocenters. The molecule has 1 nitrogen and oxygen atoms in total. The van der Waals surface area contributed by atoms with Gasteiger partial charge in [0.1, 0.15) is 5.79 Å². The minimum atomic E-state index is -0.997. The first-order valence-corrected chi connectivity index (χ1v) is 4.44. The van der Waals surface area contributed by atoms with E-state index >= 15 is 0 Å². The van der Waals surface area contributed by atoms with Crippen molar-refractivity contribution in [2.24, 2.45) is 0 Å². The molecule has 0 aliphatic heterocycles. The molecule has 54 valence electrons. The number of hydrogen-bond acceptors (Lipinski definition) is 1. The van der Waals surface area contributed by atoms with Crippen LogP contribution >= 0.6 is 0 Å². The molecule has 0 fully saturated rings. The van der Waals surface area contributed by atoms with Crippen LogP contribution in [0.3, 0.4) is 0 Å². The molecule has 0 radical (unpaired) electrons. The van der Waals surface area contributed by atoms with Crippen LogP contribution in [-0.4, -0.2) is 21.7 Å². The van der Waals surface area contributed by atoms with Gasteiger partial charge in [-0.15, -0.1) is 6.58 Å². The second-order valence-electron chi connectivity index (χ2n) is 2.13. The Morgan fingerprint density at radius 3 is 2.56 bits per heavy atom. The second kappa shape index (κ2) is 4.70. The third kappa shape index (κ3) is 5.72. The SMILES string of the molecule is C=CC(F)[SiH2]OC(C)C. The first kappa shape index (κ1) is 8.85. The van der Waals surface area contributed by atoms with E-state index < -0.39 is 15.6 Å². The van der Waals surface area contributed by atoms with Crippen LogP contribution in [-0.2, 0) is 4.43 Å². The summed E-state index contributed by atoms with van der Waals surface area (Å²) in [5.41, 5.74) is 0. The van der Waals surface area contributed by atoms with Gasteiger partial charge in [-0.25, -0.2) is 4.39 Å². The quantitative estimate of drug-likeness (QED) is 0.426. The molecule has 0 aliphatic carbocycles. The fourth-order valence-corrected chi connectivity index (χ4v) is 1.06.